The summed E-state index contributed by atoms with van der Waals surface area (Å²) < 4.78 is 5.46. The normalized spacial score (nSPS) is 35.1. The van der Waals surface area contributed by atoms with E-state index < -0.39 is 5.60 Å². The highest BCUT2D eigenvalue weighted by Crippen LogP contribution is 2.51. The summed E-state index contributed by atoms with van der Waals surface area (Å²) >= 11 is 0. The number of fused-ring (bicyclic) bond motifs is 1. The van der Waals surface area contributed by atoms with Gasteiger partial charge in [-0.15, -0.1) is 0 Å². The maximum atomic E-state index is 11.8. The number of hydrogen-bond donors (Lipinski definition) is 1. The first-order valence-electron chi connectivity index (χ1n) is 9.93. The van der Waals surface area contributed by atoms with Gasteiger partial charge in [0.2, 0.25) is 5.91 Å². The van der Waals surface area contributed by atoms with Crippen LogP contribution in [0.2, 0.25) is 0 Å². The van der Waals surface area contributed by atoms with Crippen LogP contribution in [0.15, 0.2) is 11.6 Å². The van der Waals surface area contributed by atoms with Crippen LogP contribution in [0.25, 0.3) is 0 Å². The maximum absolute atomic E-state index is 11.8. The van der Waals surface area contributed by atoms with Crippen LogP contribution in [0.5, 0.6) is 0 Å². The van der Waals surface area contributed by atoms with Crippen LogP contribution in [-0.4, -0.2) is 46.7 Å². The van der Waals surface area contributed by atoms with E-state index in [-0.39, 0.29) is 29.8 Å². The van der Waals surface area contributed by atoms with Gasteiger partial charge in [-0.2, -0.15) is 0 Å². The van der Waals surface area contributed by atoms with E-state index in [1.165, 1.54) is 6.92 Å². The van der Waals surface area contributed by atoms with E-state index in [2.05, 4.69) is 19.9 Å². The highest BCUT2D eigenvalue weighted by molar-refractivity contribution is 5.73. The third-order valence-electron chi connectivity index (χ3n) is 6.66. The van der Waals surface area contributed by atoms with Gasteiger partial charge in [0.15, 0.2) is 0 Å². The summed E-state index contributed by atoms with van der Waals surface area (Å²) in [6.07, 6.45) is 4.27. The second-order valence-corrected chi connectivity index (χ2v) is 8.41. The van der Waals surface area contributed by atoms with Gasteiger partial charge in [-0.05, 0) is 50.0 Å². The van der Waals surface area contributed by atoms with E-state index >= 15 is 0 Å². The van der Waals surface area contributed by atoms with E-state index in [0.717, 1.165) is 25.0 Å². The summed E-state index contributed by atoms with van der Waals surface area (Å²) in [4.78, 5) is 25.1. The van der Waals surface area contributed by atoms with E-state index in [9.17, 15) is 14.7 Å². The van der Waals surface area contributed by atoms with Gasteiger partial charge in [-0.3, -0.25) is 9.59 Å². The minimum atomic E-state index is -0.857. The van der Waals surface area contributed by atoms with Crippen LogP contribution in [0.1, 0.15) is 60.8 Å². The monoisotopic (exact) mass is 365 g/mol. The molecule has 0 aliphatic heterocycles. The quantitative estimate of drug-likeness (QED) is 0.600. The largest absolute Gasteiger partial charge is 0.458 e. The zero-order valence-corrected chi connectivity index (χ0v) is 17.1. The first-order chi connectivity index (χ1) is 12.1. The number of ether oxygens (including phenoxy) is 1. The highest BCUT2D eigenvalue weighted by Gasteiger charge is 2.52. The maximum Gasteiger partial charge on any atom is 0.303 e. The van der Waals surface area contributed by atoms with Crippen LogP contribution in [0.3, 0.4) is 0 Å². The summed E-state index contributed by atoms with van der Waals surface area (Å²) in [7, 11) is 0. The predicted octanol–water partition coefficient (Wildman–Crippen LogP) is 3.17. The third-order valence-corrected chi connectivity index (χ3v) is 6.66. The summed E-state index contributed by atoms with van der Waals surface area (Å²) in [5, 5.41) is 11.6. The van der Waals surface area contributed by atoms with Crippen LogP contribution in [-0.2, 0) is 14.3 Å². The number of carbonyl (C=O) groups excluding carboxylic acids is 2. The Morgan fingerprint density at radius 1 is 1.38 bits per heavy atom. The molecule has 0 saturated heterocycles. The Bertz CT molecular complexity index is 572. The lowest BCUT2D eigenvalue weighted by atomic mass is 9.57. The number of rotatable bonds is 5. The van der Waals surface area contributed by atoms with Crippen molar-refractivity contribution in [3.05, 3.63) is 11.6 Å². The molecular formula is C21H35NO4. The fourth-order valence-corrected chi connectivity index (χ4v) is 4.96. The van der Waals surface area contributed by atoms with E-state index in [4.69, 9.17) is 4.74 Å². The molecule has 1 N–H and O–H groups in total. The van der Waals surface area contributed by atoms with Gasteiger partial charge in [0.25, 0.3) is 0 Å². The molecule has 1 unspecified atom stereocenters. The second-order valence-electron chi connectivity index (χ2n) is 8.41. The lowest BCUT2D eigenvalue weighted by molar-refractivity contribution is -0.159. The lowest BCUT2D eigenvalue weighted by Gasteiger charge is -2.53. The Labute approximate surface area is 157 Å². The van der Waals surface area contributed by atoms with Crippen molar-refractivity contribution < 1.29 is 19.4 Å². The zero-order chi connectivity index (χ0) is 19.6. The smallest absolute Gasteiger partial charge is 0.303 e. The van der Waals surface area contributed by atoms with Gasteiger partial charge in [0.1, 0.15) is 6.10 Å². The SMILES string of the molecule is CCN(CC(C)[C@@H]1CC[C@@H](C)[C@]2(O)C[C@@H](OC(C)=O)C(C)=C[C@H]12)C(C)=O. The van der Waals surface area contributed by atoms with Gasteiger partial charge in [-0.25, -0.2) is 0 Å². The number of esters is 1. The van der Waals surface area contributed by atoms with Crippen molar-refractivity contribution in [3.8, 4) is 0 Å². The fourth-order valence-electron chi connectivity index (χ4n) is 4.96. The topological polar surface area (TPSA) is 66.8 Å². The van der Waals surface area contributed by atoms with E-state index in [1.54, 1.807) is 6.92 Å². The Morgan fingerprint density at radius 2 is 2.04 bits per heavy atom. The molecular weight excluding hydrogens is 330 g/mol. The van der Waals surface area contributed by atoms with E-state index in [0.29, 0.717) is 24.8 Å². The Hall–Kier alpha value is -1.36. The Kier molecular flexibility index (Phi) is 6.54. The fraction of sp³-hybridized carbons (Fsp3) is 0.810. The minimum absolute atomic E-state index is 0.0405. The molecule has 2 aliphatic rings. The molecule has 148 valence electrons. The van der Waals surface area contributed by atoms with Crippen molar-refractivity contribution in [1.29, 1.82) is 0 Å². The highest BCUT2D eigenvalue weighted by atomic mass is 16.5. The molecule has 2 rings (SSSR count). The summed E-state index contributed by atoms with van der Waals surface area (Å²) in [5.41, 5.74) is 0.171. The molecule has 5 nitrogen and oxygen atoms in total. The molecule has 5 heteroatoms. The molecule has 0 aromatic rings. The average Bonchev–Trinajstić information content (AvgIpc) is 2.54. The van der Waals surface area contributed by atoms with Crippen LogP contribution < -0.4 is 0 Å². The van der Waals surface area contributed by atoms with E-state index in [1.807, 2.05) is 18.7 Å². The van der Waals surface area contributed by atoms with Gasteiger partial charge in [0.05, 0.1) is 5.60 Å². The number of aliphatic hydroxyl groups is 1. The molecule has 1 saturated carbocycles. The first kappa shape index (κ1) is 20.9. The van der Waals surface area contributed by atoms with Crippen molar-refractivity contribution in [2.75, 3.05) is 13.1 Å². The average molecular weight is 366 g/mol. The summed E-state index contributed by atoms with van der Waals surface area (Å²) in [5.74, 6) is 0.615. The summed E-state index contributed by atoms with van der Waals surface area (Å²) in [6, 6.07) is 0. The van der Waals surface area contributed by atoms with Crippen molar-refractivity contribution in [1.82, 2.24) is 4.90 Å². The number of carbonyl (C=O) groups is 2. The molecule has 1 amide bonds. The molecule has 0 radical (unpaired) electrons. The van der Waals surface area contributed by atoms with Gasteiger partial charge >= 0.3 is 5.97 Å². The van der Waals surface area contributed by atoms with Crippen LogP contribution in [0.4, 0.5) is 0 Å². The molecule has 0 heterocycles. The minimum Gasteiger partial charge on any atom is -0.458 e. The first-order valence-corrected chi connectivity index (χ1v) is 9.93. The molecule has 6 atom stereocenters. The van der Waals surface area contributed by atoms with Crippen LogP contribution >= 0.6 is 0 Å². The number of amides is 1. The predicted molar refractivity (Wildman–Crippen MR) is 101 cm³/mol. The Morgan fingerprint density at radius 3 is 2.58 bits per heavy atom. The van der Waals surface area contributed by atoms with Crippen molar-refractivity contribution in [2.24, 2.45) is 23.7 Å². The van der Waals surface area contributed by atoms with Crippen molar-refractivity contribution in [2.45, 2.75) is 72.5 Å². The van der Waals surface area contributed by atoms with Crippen LogP contribution in [0, 0.1) is 23.7 Å². The molecule has 2 aliphatic carbocycles. The second kappa shape index (κ2) is 8.12. The lowest BCUT2D eigenvalue weighted by Crippen LogP contribution is -2.56. The molecule has 26 heavy (non-hydrogen) atoms. The van der Waals surface area contributed by atoms with Crippen molar-refractivity contribution in [3.63, 3.8) is 0 Å². The van der Waals surface area contributed by atoms with Crippen molar-refractivity contribution >= 4 is 11.9 Å². The van der Waals surface area contributed by atoms with Gasteiger partial charge < -0.3 is 14.7 Å². The number of hydrogen-bond acceptors (Lipinski definition) is 4. The molecule has 0 spiro atoms. The molecule has 0 aromatic carbocycles. The molecule has 0 bridgehead atoms. The van der Waals surface area contributed by atoms with Gasteiger partial charge in [0, 0.05) is 39.3 Å². The zero-order valence-electron chi connectivity index (χ0n) is 17.1. The van der Waals surface area contributed by atoms with Gasteiger partial charge in [-0.1, -0.05) is 19.9 Å². The third kappa shape index (κ3) is 4.13. The number of nitrogens with zero attached hydrogens (tertiary/aromatic N) is 1. The molecule has 1 fully saturated rings. The summed E-state index contributed by atoms with van der Waals surface area (Å²) in [6.45, 7) is 12.7. The molecule has 0 aromatic heterocycles. The standard InChI is InChI=1S/C21H35NO4/c1-7-22(16(5)23)12-14(3)18-9-8-15(4)21(25)11-20(26-17(6)24)13(2)10-19(18)21/h10,14-15,18-20,25H,7-9,11-12H2,1-6H3/t14?,15-,18+,19-,20-,21-/m1/s1. The Balaban J connectivity index is 2.26.